The van der Waals surface area contributed by atoms with Crippen molar-refractivity contribution in [2.75, 3.05) is 20.8 Å². The van der Waals surface area contributed by atoms with Crippen LogP contribution in [0.1, 0.15) is 17.9 Å². The Morgan fingerprint density at radius 3 is 2.53 bits per heavy atom. The Hall–Kier alpha value is -2.94. The lowest BCUT2D eigenvalue weighted by molar-refractivity contribution is -0.121. The second-order valence-electron chi connectivity index (χ2n) is 6.42. The Bertz CT molecular complexity index is 1010. The smallest absolute Gasteiger partial charge is 0.227 e. The van der Waals surface area contributed by atoms with E-state index < -0.39 is 0 Å². The van der Waals surface area contributed by atoms with Crippen molar-refractivity contribution >= 4 is 21.8 Å². The van der Waals surface area contributed by atoms with Crippen LogP contribution in [-0.4, -0.2) is 36.8 Å². The number of aromatic nitrogens is 2. The van der Waals surface area contributed by atoms with Crippen molar-refractivity contribution in [3.63, 3.8) is 0 Å². The molecule has 2 aromatic carbocycles. The van der Waals surface area contributed by atoms with E-state index in [0.29, 0.717) is 48.2 Å². The summed E-state index contributed by atoms with van der Waals surface area (Å²) in [4.78, 5) is 16.4. The zero-order chi connectivity index (χ0) is 21.5. The average Bonchev–Trinajstić information content (AvgIpc) is 3.22. The first-order valence-corrected chi connectivity index (χ1v) is 10.0. The van der Waals surface area contributed by atoms with E-state index in [4.69, 9.17) is 14.0 Å². The van der Waals surface area contributed by atoms with Gasteiger partial charge in [-0.2, -0.15) is 4.98 Å². The van der Waals surface area contributed by atoms with Crippen LogP contribution in [0.4, 0.5) is 4.39 Å². The first kappa shape index (κ1) is 21.8. The number of aryl methyl sites for hydroxylation is 1. The normalized spacial score (nSPS) is 10.7. The number of rotatable bonds is 9. The van der Waals surface area contributed by atoms with Gasteiger partial charge in [-0.05, 0) is 48.4 Å². The number of hydrogen-bond acceptors (Lipinski definition) is 6. The quantitative estimate of drug-likeness (QED) is 0.502. The molecule has 0 spiro atoms. The predicted octanol–water partition coefficient (Wildman–Crippen LogP) is 3.95. The number of methoxy groups -OCH3 is 2. The lowest BCUT2D eigenvalue weighted by Gasteiger charge is -2.12. The summed E-state index contributed by atoms with van der Waals surface area (Å²) in [6.07, 6.45) is 1.17. The van der Waals surface area contributed by atoms with Crippen LogP contribution in [-0.2, 0) is 17.6 Å². The summed E-state index contributed by atoms with van der Waals surface area (Å²) in [6, 6.07) is 9.52. The second kappa shape index (κ2) is 10.2. The highest BCUT2D eigenvalue weighted by Crippen LogP contribution is 2.33. The van der Waals surface area contributed by atoms with Crippen LogP contribution < -0.4 is 14.8 Å². The minimum Gasteiger partial charge on any atom is -0.493 e. The minimum absolute atomic E-state index is 0.117. The molecule has 3 aromatic rings. The Morgan fingerprint density at radius 1 is 1.13 bits per heavy atom. The van der Waals surface area contributed by atoms with Crippen molar-refractivity contribution in [2.45, 2.75) is 19.3 Å². The lowest BCUT2D eigenvalue weighted by Crippen LogP contribution is -2.26. The fraction of sp³-hybridized carbons (Fsp3) is 0.286. The molecular weight excluding hydrogens is 457 g/mol. The number of nitrogens with one attached hydrogen (secondary N) is 1. The first-order chi connectivity index (χ1) is 14.5. The van der Waals surface area contributed by atoms with Gasteiger partial charge in [0, 0.05) is 29.4 Å². The molecule has 9 heteroatoms. The van der Waals surface area contributed by atoms with Gasteiger partial charge < -0.3 is 19.3 Å². The van der Waals surface area contributed by atoms with E-state index in [1.807, 2.05) is 12.1 Å². The molecule has 0 bridgehead atoms. The van der Waals surface area contributed by atoms with Gasteiger partial charge >= 0.3 is 0 Å². The van der Waals surface area contributed by atoms with E-state index >= 15 is 0 Å². The molecule has 0 fully saturated rings. The number of amides is 1. The van der Waals surface area contributed by atoms with Crippen LogP contribution in [0.25, 0.3) is 11.4 Å². The molecular formula is C21H21BrFN3O4. The lowest BCUT2D eigenvalue weighted by atomic mass is 10.1. The number of carbonyl (C=O) groups excluding carboxylic acids is 1. The van der Waals surface area contributed by atoms with Gasteiger partial charge in [-0.25, -0.2) is 4.39 Å². The van der Waals surface area contributed by atoms with Crippen molar-refractivity contribution in [3.8, 4) is 22.9 Å². The van der Waals surface area contributed by atoms with Gasteiger partial charge in [-0.1, -0.05) is 21.1 Å². The molecule has 0 saturated carbocycles. The molecule has 3 rings (SSSR count). The molecule has 158 valence electrons. The maximum Gasteiger partial charge on any atom is 0.227 e. The van der Waals surface area contributed by atoms with E-state index in [9.17, 15) is 9.18 Å². The van der Waals surface area contributed by atoms with Gasteiger partial charge in [0.25, 0.3) is 0 Å². The number of halogens is 2. The van der Waals surface area contributed by atoms with Crippen LogP contribution in [0, 0.1) is 5.82 Å². The highest BCUT2D eigenvalue weighted by Gasteiger charge is 2.12. The van der Waals surface area contributed by atoms with Crippen LogP contribution in [0.3, 0.4) is 0 Å². The fourth-order valence-electron chi connectivity index (χ4n) is 2.81. The summed E-state index contributed by atoms with van der Waals surface area (Å²) in [6.45, 7) is 0.470. The molecule has 0 atom stereocenters. The first-order valence-electron chi connectivity index (χ1n) is 9.25. The molecule has 0 aliphatic heterocycles. The molecule has 0 aliphatic carbocycles. The monoisotopic (exact) mass is 477 g/mol. The third kappa shape index (κ3) is 5.56. The predicted molar refractivity (Wildman–Crippen MR) is 112 cm³/mol. The van der Waals surface area contributed by atoms with Gasteiger partial charge in [-0.15, -0.1) is 0 Å². The van der Waals surface area contributed by atoms with E-state index in [2.05, 4.69) is 31.4 Å². The number of nitrogens with zero attached hydrogens (tertiary/aromatic N) is 2. The van der Waals surface area contributed by atoms with Crippen LogP contribution in [0.5, 0.6) is 11.5 Å². The van der Waals surface area contributed by atoms with Gasteiger partial charge in [0.1, 0.15) is 5.82 Å². The maximum atomic E-state index is 13.0. The van der Waals surface area contributed by atoms with Crippen molar-refractivity contribution < 1.29 is 23.2 Å². The highest BCUT2D eigenvalue weighted by molar-refractivity contribution is 9.10. The Labute approximate surface area is 181 Å². The van der Waals surface area contributed by atoms with Crippen molar-refractivity contribution in [1.29, 1.82) is 0 Å². The van der Waals surface area contributed by atoms with E-state index in [1.54, 1.807) is 26.4 Å². The van der Waals surface area contributed by atoms with E-state index in [0.717, 1.165) is 10.0 Å². The van der Waals surface area contributed by atoms with Crippen molar-refractivity contribution in [3.05, 3.63) is 58.1 Å². The Balaban J connectivity index is 1.47. The van der Waals surface area contributed by atoms with Gasteiger partial charge in [0.15, 0.2) is 11.5 Å². The molecule has 0 radical (unpaired) electrons. The van der Waals surface area contributed by atoms with Crippen molar-refractivity contribution in [2.24, 2.45) is 0 Å². The topological polar surface area (TPSA) is 86.5 Å². The Kier molecular flexibility index (Phi) is 7.40. The summed E-state index contributed by atoms with van der Waals surface area (Å²) in [5.74, 6) is 1.54. The molecule has 30 heavy (non-hydrogen) atoms. The summed E-state index contributed by atoms with van der Waals surface area (Å²) in [7, 11) is 3.16. The second-order valence-corrected chi connectivity index (χ2v) is 7.27. The van der Waals surface area contributed by atoms with Gasteiger partial charge in [0.05, 0.1) is 14.2 Å². The molecule has 0 unspecified atom stereocenters. The third-order valence-corrected chi connectivity index (χ3v) is 5.14. The van der Waals surface area contributed by atoms with E-state index in [1.165, 1.54) is 12.1 Å². The number of benzene rings is 2. The molecule has 0 aliphatic rings. The number of hydrogen-bond donors (Lipinski definition) is 1. The molecule has 0 saturated heterocycles. The number of carbonyl (C=O) groups is 1. The standard InChI is InChI=1S/C21H21BrFN3O4/c1-28-17-11-14(16(22)12-18(17)29-2)9-10-24-19(27)7-8-20-25-21(26-30-20)13-3-5-15(23)6-4-13/h3-6,11-12H,7-10H2,1-2H3,(H,24,27). The largest absolute Gasteiger partial charge is 0.493 e. The molecule has 1 aromatic heterocycles. The van der Waals surface area contributed by atoms with Crippen LogP contribution in [0.15, 0.2) is 45.4 Å². The average molecular weight is 478 g/mol. The van der Waals surface area contributed by atoms with Gasteiger partial charge in [0.2, 0.25) is 17.6 Å². The van der Waals surface area contributed by atoms with Crippen LogP contribution in [0.2, 0.25) is 0 Å². The minimum atomic E-state index is -0.334. The summed E-state index contributed by atoms with van der Waals surface area (Å²) in [5.41, 5.74) is 1.64. The summed E-state index contributed by atoms with van der Waals surface area (Å²) < 4.78 is 29.6. The highest BCUT2D eigenvalue weighted by atomic mass is 79.9. The fourth-order valence-corrected chi connectivity index (χ4v) is 3.33. The zero-order valence-corrected chi connectivity index (χ0v) is 18.2. The number of ether oxygens (including phenoxy) is 2. The third-order valence-electron chi connectivity index (χ3n) is 4.41. The van der Waals surface area contributed by atoms with Gasteiger partial charge in [-0.3, -0.25) is 4.79 Å². The summed E-state index contributed by atoms with van der Waals surface area (Å²) in [5, 5.41) is 6.74. The van der Waals surface area contributed by atoms with Crippen molar-refractivity contribution in [1.82, 2.24) is 15.5 Å². The van der Waals surface area contributed by atoms with Crippen LogP contribution >= 0.6 is 15.9 Å². The molecule has 1 amide bonds. The summed E-state index contributed by atoms with van der Waals surface area (Å²) >= 11 is 3.51. The maximum absolute atomic E-state index is 13.0. The zero-order valence-electron chi connectivity index (χ0n) is 16.6. The molecule has 1 heterocycles. The molecule has 7 nitrogen and oxygen atoms in total. The SMILES string of the molecule is COc1cc(Br)c(CCNC(=O)CCc2nc(-c3ccc(F)cc3)no2)cc1OC. The Morgan fingerprint density at radius 2 is 1.83 bits per heavy atom. The molecule has 1 N–H and O–H groups in total. The van der Waals surface area contributed by atoms with E-state index in [-0.39, 0.29) is 18.1 Å².